The first-order valence-corrected chi connectivity index (χ1v) is 8.76. The van der Waals surface area contributed by atoms with Crippen molar-refractivity contribution in [2.45, 2.75) is 20.8 Å². The average Bonchev–Trinajstić information content (AvgIpc) is 2.86. The van der Waals surface area contributed by atoms with Gasteiger partial charge in [0.1, 0.15) is 10.4 Å². The Kier molecular flexibility index (Phi) is 4.59. The number of aryl methyl sites for hydroxylation is 1. The van der Waals surface area contributed by atoms with Gasteiger partial charge in [-0.3, -0.25) is 5.41 Å². The van der Waals surface area contributed by atoms with E-state index in [1.165, 1.54) is 0 Å². The second-order valence-corrected chi connectivity index (χ2v) is 6.50. The topological polar surface area (TPSA) is 80.9 Å². The third-order valence-corrected chi connectivity index (χ3v) is 4.82. The Bertz CT molecular complexity index is 1050. The molecule has 0 bridgehead atoms. The van der Waals surface area contributed by atoms with Gasteiger partial charge in [0.2, 0.25) is 0 Å². The minimum absolute atomic E-state index is 0.0594. The highest BCUT2D eigenvalue weighted by atomic mass is 32.1. The number of aromatic nitrogens is 1. The van der Waals surface area contributed by atoms with Gasteiger partial charge in [0, 0.05) is 11.6 Å². The zero-order valence-corrected chi connectivity index (χ0v) is 15.0. The number of ether oxygens (including phenoxy) is 2. The van der Waals surface area contributed by atoms with Crippen molar-refractivity contribution in [3.05, 3.63) is 45.9 Å². The first kappa shape index (κ1) is 17.2. The molecule has 0 amide bonds. The summed E-state index contributed by atoms with van der Waals surface area (Å²) in [5.41, 5.74) is 2.35. The molecule has 0 saturated heterocycles. The summed E-state index contributed by atoms with van der Waals surface area (Å²) in [7, 11) is 0. The molecule has 6 nitrogen and oxygen atoms in total. The first-order valence-electron chi connectivity index (χ1n) is 7.95. The number of hydrogen-bond donors (Lipinski definition) is 1. The maximum Gasteiger partial charge on any atom is 0.356 e. The Balaban J connectivity index is 2.38. The summed E-state index contributed by atoms with van der Waals surface area (Å²) < 4.78 is 12.7. The Morgan fingerprint density at radius 2 is 1.84 bits per heavy atom. The van der Waals surface area contributed by atoms with Crippen LogP contribution in [0.5, 0.6) is 0 Å². The number of fused-ring (bicyclic) bond motifs is 3. The molecule has 130 valence electrons. The molecule has 0 fully saturated rings. The molecule has 3 aromatic rings. The Morgan fingerprint density at radius 1 is 1.16 bits per heavy atom. The van der Waals surface area contributed by atoms with Crippen LogP contribution in [0.15, 0.2) is 24.4 Å². The van der Waals surface area contributed by atoms with Crippen LogP contribution in [0.1, 0.15) is 40.3 Å². The van der Waals surface area contributed by atoms with Crippen LogP contribution in [0.2, 0.25) is 0 Å². The summed E-state index contributed by atoms with van der Waals surface area (Å²) in [6.45, 7) is 5.91. The standard InChI is InChI=1S/C18H18N2O4S/c1-4-23-17(21)12-8-11-13-7-6-10(3)9-20(13)14(18(22)24-5-2)15(11)25-16(12)19/h6-9,19H,4-5H2,1-3H3. The van der Waals surface area contributed by atoms with Crippen molar-refractivity contribution in [1.82, 2.24) is 4.40 Å². The largest absolute Gasteiger partial charge is 0.462 e. The van der Waals surface area contributed by atoms with Gasteiger partial charge in [-0.1, -0.05) is 6.07 Å². The van der Waals surface area contributed by atoms with Gasteiger partial charge in [0.25, 0.3) is 0 Å². The average molecular weight is 358 g/mol. The summed E-state index contributed by atoms with van der Waals surface area (Å²) in [5, 5.41) is 8.90. The van der Waals surface area contributed by atoms with Crippen LogP contribution < -0.4 is 4.67 Å². The number of carbonyl (C=O) groups excluding carboxylic acids is 2. The van der Waals surface area contributed by atoms with Crippen molar-refractivity contribution in [2.24, 2.45) is 0 Å². The maximum atomic E-state index is 12.5. The van der Waals surface area contributed by atoms with Gasteiger partial charge in [-0.2, -0.15) is 0 Å². The molecule has 1 N–H and O–H groups in total. The molecule has 3 heterocycles. The van der Waals surface area contributed by atoms with Gasteiger partial charge >= 0.3 is 11.9 Å². The molecule has 0 atom stereocenters. The lowest BCUT2D eigenvalue weighted by Crippen LogP contribution is -2.15. The normalized spacial score (nSPS) is 11.0. The summed E-state index contributed by atoms with van der Waals surface area (Å²) in [5.74, 6) is -0.979. The van der Waals surface area contributed by atoms with Gasteiger partial charge in [0.15, 0.2) is 0 Å². The SMILES string of the molecule is CCOC(=O)c1cc2c(sc1=N)c(C(=O)OCC)n1cc(C)ccc21. The van der Waals surface area contributed by atoms with Gasteiger partial charge in [-0.25, -0.2) is 9.59 Å². The third-order valence-electron chi connectivity index (χ3n) is 3.77. The fourth-order valence-corrected chi connectivity index (χ4v) is 3.73. The molecular formula is C18H18N2O4S. The first-order chi connectivity index (χ1) is 12.0. The quantitative estimate of drug-likeness (QED) is 0.726. The number of carbonyl (C=O) groups is 2. The van der Waals surface area contributed by atoms with Crippen molar-refractivity contribution in [1.29, 1.82) is 5.41 Å². The minimum atomic E-state index is -0.533. The third kappa shape index (κ3) is 2.91. The fourth-order valence-electron chi connectivity index (χ4n) is 2.73. The molecule has 0 aliphatic heterocycles. The second-order valence-electron chi connectivity index (χ2n) is 5.48. The zero-order valence-electron chi connectivity index (χ0n) is 14.2. The highest BCUT2D eigenvalue weighted by Gasteiger charge is 2.22. The van der Waals surface area contributed by atoms with Crippen molar-refractivity contribution < 1.29 is 19.1 Å². The highest BCUT2D eigenvalue weighted by molar-refractivity contribution is 7.16. The monoisotopic (exact) mass is 358 g/mol. The molecular weight excluding hydrogens is 340 g/mol. The number of nitrogens with zero attached hydrogens (tertiary/aromatic N) is 1. The van der Waals surface area contributed by atoms with Crippen molar-refractivity contribution in [3.8, 4) is 0 Å². The highest BCUT2D eigenvalue weighted by Crippen LogP contribution is 2.30. The molecule has 3 aromatic heterocycles. The summed E-state index contributed by atoms with van der Waals surface area (Å²) >= 11 is 1.08. The van der Waals surface area contributed by atoms with Gasteiger partial charge in [0.05, 0.1) is 29.0 Å². The van der Waals surface area contributed by atoms with E-state index in [4.69, 9.17) is 14.9 Å². The van der Waals surface area contributed by atoms with E-state index in [1.54, 1.807) is 24.3 Å². The number of nitrogens with one attached hydrogen (secondary N) is 1. The van der Waals surface area contributed by atoms with Gasteiger partial charge in [-0.15, -0.1) is 11.3 Å². The molecule has 0 unspecified atom stereocenters. The van der Waals surface area contributed by atoms with Crippen molar-refractivity contribution >= 4 is 38.9 Å². The Hall–Kier alpha value is -2.67. The van der Waals surface area contributed by atoms with Crippen molar-refractivity contribution in [2.75, 3.05) is 13.2 Å². The van der Waals surface area contributed by atoms with Gasteiger partial charge in [-0.05, 0) is 38.5 Å². The molecule has 0 aliphatic carbocycles. The summed E-state index contributed by atoms with van der Waals surface area (Å²) in [4.78, 5) is 24.6. The van der Waals surface area contributed by atoms with E-state index in [-0.39, 0.29) is 23.4 Å². The van der Waals surface area contributed by atoms with E-state index in [0.29, 0.717) is 10.4 Å². The van der Waals surface area contributed by atoms with E-state index in [1.807, 2.05) is 25.3 Å². The lowest BCUT2D eigenvalue weighted by Gasteiger charge is -2.04. The van der Waals surface area contributed by atoms with Crippen LogP contribution in [0.25, 0.3) is 15.6 Å². The number of hydrogen-bond acceptors (Lipinski definition) is 6. The smallest absolute Gasteiger partial charge is 0.356 e. The number of rotatable bonds is 4. The molecule has 25 heavy (non-hydrogen) atoms. The van der Waals surface area contributed by atoms with Crippen LogP contribution >= 0.6 is 11.3 Å². The lowest BCUT2D eigenvalue weighted by molar-refractivity contribution is 0.0513. The zero-order chi connectivity index (χ0) is 18.1. The van der Waals surface area contributed by atoms with E-state index >= 15 is 0 Å². The summed E-state index contributed by atoms with van der Waals surface area (Å²) in [6.07, 6.45) is 1.85. The van der Waals surface area contributed by atoms with E-state index < -0.39 is 11.9 Å². The van der Waals surface area contributed by atoms with Crippen LogP contribution in [0, 0.1) is 12.3 Å². The molecule has 0 saturated carbocycles. The maximum absolute atomic E-state index is 12.5. The van der Waals surface area contributed by atoms with Crippen LogP contribution in [0.3, 0.4) is 0 Å². The Morgan fingerprint density at radius 3 is 2.52 bits per heavy atom. The predicted octanol–water partition coefficient (Wildman–Crippen LogP) is 3.30. The van der Waals surface area contributed by atoms with Crippen LogP contribution in [-0.4, -0.2) is 29.6 Å². The van der Waals surface area contributed by atoms with Crippen molar-refractivity contribution in [3.63, 3.8) is 0 Å². The second kappa shape index (κ2) is 6.68. The Labute approximate surface area is 148 Å². The number of esters is 2. The fraction of sp³-hybridized carbons (Fsp3) is 0.278. The van der Waals surface area contributed by atoms with E-state index in [9.17, 15) is 9.59 Å². The molecule has 0 radical (unpaired) electrons. The summed E-state index contributed by atoms with van der Waals surface area (Å²) in [6, 6.07) is 5.46. The van der Waals surface area contributed by atoms with E-state index in [2.05, 4.69) is 0 Å². The molecule has 0 aliphatic rings. The van der Waals surface area contributed by atoms with Gasteiger partial charge < -0.3 is 13.9 Å². The molecule has 0 aromatic carbocycles. The van der Waals surface area contributed by atoms with Crippen LogP contribution in [-0.2, 0) is 9.47 Å². The molecule has 0 spiro atoms. The molecule has 3 rings (SSSR count). The minimum Gasteiger partial charge on any atom is -0.462 e. The van der Waals surface area contributed by atoms with E-state index in [0.717, 1.165) is 27.8 Å². The molecule has 7 heteroatoms. The number of pyridine rings is 1. The lowest BCUT2D eigenvalue weighted by atomic mass is 10.2. The van der Waals surface area contributed by atoms with Crippen LogP contribution in [0.4, 0.5) is 0 Å². The predicted molar refractivity (Wildman–Crippen MR) is 95.3 cm³/mol.